The lowest BCUT2D eigenvalue weighted by molar-refractivity contribution is -0.138. The first kappa shape index (κ1) is 14.3. The first-order valence-corrected chi connectivity index (χ1v) is 7.18. The number of hydrogen-bond acceptors (Lipinski definition) is 6. The normalized spacial score (nSPS) is 18.2. The van der Waals surface area contributed by atoms with Gasteiger partial charge in [0.1, 0.15) is 0 Å². The van der Waals surface area contributed by atoms with Gasteiger partial charge in [0.05, 0.1) is 12.9 Å². The van der Waals surface area contributed by atoms with Crippen LogP contribution in [0.2, 0.25) is 0 Å². The van der Waals surface area contributed by atoms with Crippen LogP contribution < -0.4 is 11.3 Å². The molecule has 0 fully saturated rings. The van der Waals surface area contributed by atoms with Crippen molar-refractivity contribution >= 4 is 23.1 Å². The lowest BCUT2D eigenvalue weighted by atomic mass is 9.95. The van der Waals surface area contributed by atoms with Crippen molar-refractivity contribution in [2.45, 2.75) is 32.2 Å². The molecule has 1 aliphatic rings. The highest BCUT2D eigenvalue weighted by atomic mass is 16.5. The van der Waals surface area contributed by atoms with E-state index in [1.165, 1.54) is 0 Å². The number of fused-ring (bicyclic) bond motifs is 1. The number of carbonyl (C=O) groups excluding carboxylic acids is 1. The molecule has 8 nitrogen and oxygen atoms in total. The monoisotopic (exact) mass is 303 g/mol. The second-order valence-electron chi connectivity index (χ2n) is 5.15. The minimum atomic E-state index is -0.347. The first-order chi connectivity index (χ1) is 10.6. The van der Waals surface area contributed by atoms with Gasteiger partial charge in [0.2, 0.25) is 5.95 Å². The van der Waals surface area contributed by atoms with E-state index in [1.54, 1.807) is 13.3 Å². The molecule has 0 aromatic carbocycles. The van der Waals surface area contributed by atoms with Crippen molar-refractivity contribution in [2.24, 2.45) is 0 Å². The van der Waals surface area contributed by atoms with Crippen molar-refractivity contribution in [2.75, 3.05) is 12.3 Å². The summed E-state index contributed by atoms with van der Waals surface area (Å²) in [7, 11) is 0. The molecule has 2 heterocycles. The summed E-state index contributed by atoms with van der Waals surface area (Å²) in [5, 5.41) is 0. The number of H-pyrrole nitrogens is 1. The summed E-state index contributed by atoms with van der Waals surface area (Å²) in [6, 6.07) is 0.0943. The number of ether oxygens (including phenoxy) is 1. The maximum atomic E-state index is 11.8. The number of aromatic amines is 1. The zero-order chi connectivity index (χ0) is 15.7. The summed E-state index contributed by atoms with van der Waals surface area (Å²) in [6.07, 6.45) is 5.52. The van der Waals surface area contributed by atoms with E-state index in [-0.39, 0.29) is 29.0 Å². The fourth-order valence-electron chi connectivity index (χ4n) is 2.69. The Balaban J connectivity index is 1.88. The summed E-state index contributed by atoms with van der Waals surface area (Å²) < 4.78 is 6.85. The number of anilines is 1. The zero-order valence-corrected chi connectivity index (χ0v) is 12.2. The van der Waals surface area contributed by atoms with E-state index in [0.717, 1.165) is 6.42 Å². The van der Waals surface area contributed by atoms with Crippen LogP contribution in [0.5, 0.6) is 0 Å². The molecule has 0 saturated heterocycles. The van der Waals surface area contributed by atoms with Gasteiger partial charge in [-0.25, -0.2) is 9.78 Å². The van der Waals surface area contributed by atoms with Crippen LogP contribution in [0, 0.1) is 0 Å². The second kappa shape index (κ2) is 5.63. The van der Waals surface area contributed by atoms with Gasteiger partial charge in [-0.2, -0.15) is 4.98 Å². The summed E-state index contributed by atoms with van der Waals surface area (Å²) in [4.78, 5) is 34.2. The number of nitrogens with zero attached hydrogens (tertiary/aromatic N) is 3. The van der Waals surface area contributed by atoms with Crippen molar-refractivity contribution in [1.29, 1.82) is 0 Å². The number of hydrogen-bond donors (Lipinski definition) is 2. The standard InChI is InChI=1S/C14H17N5O3/c1-2-22-13(21)8-3-5-9(6-4-8)19-7-16-10-11(19)17-14(15)18-12(10)20/h3,7,9H,2,4-6H2,1H3,(H3,15,17,18,20)/t9-/m1/s1. The van der Waals surface area contributed by atoms with Crippen LogP contribution in [0.15, 0.2) is 22.8 Å². The Kier molecular flexibility index (Phi) is 3.66. The molecule has 1 atom stereocenters. The number of imidazole rings is 1. The molecule has 8 heteroatoms. The van der Waals surface area contributed by atoms with Crippen molar-refractivity contribution in [3.05, 3.63) is 28.3 Å². The summed E-state index contributed by atoms with van der Waals surface area (Å²) in [5.41, 5.74) is 6.69. The molecule has 2 aromatic heterocycles. The fraction of sp³-hybridized carbons (Fsp3) is 0.429. The van der Waals surface area contributed by atoms with Gasteiger partial charge in [0.15, 0.2) is 11.2 Å². The molecule has 0 bridgehead atoms. The highest BCUT2D eigenvalue weighted by Gasteiger charge is 2.23. The van der Waals surface area contributed by atoms with Crippen molar-refractivity contribution in [3.63, 3.8) is 0 Å². The highest BCUT2D eigenvalue weighted by Crippen LogP contribution is 2.29. The fourth-order valence-corrected chi connectivity index (χ4v) is 2.69. The third-order valence-corrected chi connectivity index (χ3v) is 3.76. The largest absolute Gasteiger partial charge is 0.463 e. The average molecular weight is 303 g/mol. The SMILES string of the molecule is CCOC(=O)C1=CC[C@@H](n2cnc3c(=O)[nH]c(N)nc32)CC1. The van der Waals surface area contributed by atoms with Crippen LogP contribution in [0.4, 0.5) is 5.95 Å². The predicted molar refractivity (Wildman–Crippen MR) is 80.2 cm³/mol. The first-order valence-electron chi connectivity index (χ1n) is 7.18. The molecular weight excluding hydrogens is 286 g/mol. The van der Waals surface area contributed by atoms with Crippen LogP contribution in [0.1, 0.15) is 32.2 Å². The third-order valence-electron chi connectivity index (χ3n) is 3.76. The van der Waals surface area contributed by atoms with E-state index in [2.05, 4.69) is 15.0 Å². The summed E-state index contributed by atoms with van der Waals surface area (Å²) >= 11 is 0. The van der Waals surface area contributed by atoms with Gasteiger partial charge in [0, 0.05) is 11.6 Å². The maximum Gasteiger partial charge on any atom is 0.333 e. The van der Waals surface area contributed by atoms with E-state index in [4.69, 9.17) is 10.5 Å². The molecule has 0 amide bonds. The molecule has 0 spiro atoms. The number of aromatic nitrogens is 4. The Bertz CT molecular complexity index is 804. The van der Waals surface area contributed by atoms with Gasteiger partial charge in [-0.1, -0.05) is 6.08 Å². The van der Waals surface area contributed by atoms with Gasteiger partial charge in [-0.15, -0.1) is 0 Å². The van der Waals surface area contributed by atoms with Crippen LogP contribution in [-0.2, 0) is 9.53 Å². The molecule has 22 heavy (non-hydrogen) atoms. The zero-order valence-electron chi connectivity index (χ0n) is 12.2. The Morgan fingerprint density at radius 1 is 1.59 bits per heavy atom. The number of carbonyl (C=O) groups is 1. The molecule has 3 N–H and O–H groups in total. The van der Waals surface area contributed by atoms with Crippen molar-refractivity contribution < 1.29 is 9.53 Å². The Labute approximate surface area is 126 Å². The highest BCUT2D eigenvalue weighted by molar-refractivity contribution is 5.88. The number of rotatable bonds is 3. The number of nitrogens with one attached hydrogen (secondary N) is 1. The van der Waals surface area contributed by atoms with Gasteiger partial charge in [0.25, 0.3) is 5.56 Å². The van der Waals surface area contributed by atoms with E-state index in [0.29, 0.717) is 30.7 Å². The van der Waals surface area contributed by atoms with E-state index >= 15 is 0 Å². The molecule has 0 saturated carbocycles. The van der Waals surface area contributed by atoms with Gasteiger partial charge < -0.3 is 15.0 Å². The lowest BCUT2D eigenvalue weighted by Gasteiger charge is -2.22. The maximum absolute atomic E-state index is 11.8. The molecule has 3 rings (SSSR count). The molecule has 116 valence electrons. The van der Waals surface area contributed by atoms with Crippen molar-refractivity contribution in [3.8, 4) is 0 Å². The Hall–Kier alpha value is -2.64. The molecule has 0 aliphatic heterocycles. The minimum absolute atomic E-state index is 0.0674. The minimum Gasteiger partial charge on any atom is -0.463 e. The number of esters is 1. The van der Waals surface area contributed by atoms with Crippen LogP contribution in [-0.4, -0.2) is 32.1 Å². The quantitative estimate of drug-likeness (QED) is 0.814. The number of nitrogen functional groups attached to an aromatic ring is 1. The van der Waals surface area contributed by atoms with E-state index < -0.39 is 0 Å². The van der Waals surface area contributed by atoms with Crippen molar-refractivity contribution in [1.82, 2.24) is 19.5 Å². The second-order valence-corrected chi connectivity index (χ2v) is 5.15. The van der Waals surface area contributed by atoms with Gasteiger partial charge in [-0.3, -0.25) is 9.78 Å². The van der Waals surface area contributed by atoms with Gasteiger partial charge in [-0.05, 0) is 26.2 Å². The molecular formula is C14H17N5O3. The molecule has 0 unspecified atom stereocenters. The number of nitrogens with two attached hydrogens (primary N) is 1. The Morgan fingerprint density at radius 2 is 2.41 bits per heavy atom. The Morgan fingerprint density at radius 3 is 3.09 bits per heavy atom. The smallest absolute Gasteiger partial charge is 0.333 e. The molecule has 0 radical (unpaired) electrons. The molecule has 2 aromatic rings. The molecule has 1 aliphatic carbocycles. The van der Waals surface area contributed by atoms with Gasteiger partial charge >= 0.3 is 5.97 Å². The van der Waals surface area contributed by atoms with Crippen LogP contribution in [0.25, 0.3) is 11.2 Å². The predicted octanol–water partition coefficient (Wildman–Crippen LogP) is 0.916. The lowest BCUT2D eigenvalue weighted by Crippen LogP contribution is -2.18. The third kappa shape index (κ3) is 2.47. The summed E-state index contributed by atoms with van der Waals surface area (Å²) in [5.74, 6) is -0.187. The topological polar surface area (TPSA) is 116 Å². The average Bonchev–Trinajstić information content (AvgIpc) is 2.91. The van der Waals surface area contributed by atoms with E-state index in [9.17, 15) is 9.59 Å². The number of allylic oxidation sites excluding steroid dienone is 1. The van der Waals surface area contributed by atoms with Crippen LogP contribution >= 0.6 is 0 Å². The van der Waals surface area contributed by atoms with E-state index in [1.807, 2.05) is 10.6 Å². The van der Waals surface area contributed by atoms with Crippen LogP contribution in [0.3, 0.4) is 0 Å². The summed E-state index contributed by atoms with van der Waals surface area (Å²) in [6.45, 7) is 2.16.